The summed E-state index contributed by atoms with van der Waals surface area (Å²) < 4.78 is 18.7. The summed E-state index contributed by atoms with van der Waals surface area (Å²) in [6, 6.07) is 9.54. The predicted octanol–water partition coefficient (Wildman–Crippen LogP) is 2.95. The minimum Gasteiger partial charge on any atom is -0.484 e. The number of imide groups is 1. The van der Waals surface area contributed by atoms with Gasteiger partial charge in [0.15, 0.2) is 6.61 Å². The fourth-order valence-corrected chi connectivity index (χ4v) is 3.21. The molecule has 1 saturated heterocycles. The van der Waals surface area contributed by atoms with Gasteiger partial charge in [0.25, 0.3) is 11.1 Å². The van der Waals surface area contributed by atoms with Gasteiger partial charge in [-0.25, -0.2) is 0 Å². The number of halogens is 1. The molecular formula is C18H14FN3O6S. The van der Waals surface area contributed by atoms with Crippen molar-refractivity contribution in [3.63, 3.8) is 0 Å². The van der Waals surface area contributed by atoms with Gasteiger partial charge in [-0.05, 0) is 23.8 Å². The van der Waals surface area contributed by atoms with Crippen molar-refractivity contribution in [1.82, 2.24) is 4.90 Å². The number of rotatable bonds is 7. The molecule has 0 aliphatic carbocycles. The Labute approximate surface area is 168 Å². The quantitative estimate of drug-likeness (QED) is 0.541. The maximum Gasteiger partial charge on any atom is 0.305 e. The molecule has 2 aromatic rings. The van der Waals surface area contributed by atoms with Gasteiger partial charge in [0.1, 0.15) is 5.75 Å². The highest BCUT2D eigenvalue weighted by molar-refractivity contribution is 8.14. The molecule has 1 heterocycles. The number of hydrogen-bond acceptors (Lipinski definition) is 7. The molecule has 150 valence electrons. The Hall–Kier alpha value is -3.47. The number of nitro groups is 1. The second-order valence-corrected chi connectivity index (χ2v) is 6.87. The van der Waals surface area contributed by atoms with Crippen molar-refractivity contribution < 1.29 is 28.4 Å². The number of ether oxygens (including phenoxy) is 1. The molecule has 0 atom stereocenters. The maximum absolute atomic E-state index is 13.5. The van der Waals surface area contributed by atoms with Crippen LogP contribution in [-0.2, 0) is 16.1 Å². The molecule has 0 unspecified atom stereocenters. The van der Waals surface area contributed by atoms with Crippen molar-refractivity contribution in [1.29, 1.82) is 0 Å². The normalized spacial score (nSPS) is 13.5. The Morgan fingerprint density at radius 3 is 2.55 bits per heavy atom. The number of hydrogen-bond donors (Lipinski definition) is 1. The number of nitro benzene ring substituents is 1. The van der Waals surface area contributed by atoms with Crippen LogP contribution in [0.15, 0.2) is 42.5 Å². The Morgan fingerprint density at radius 1 is 1.24 bits per heavy atom. The fourth-order valence-electron chi connectivity index (χ4n) is 2.48. The molecule has 0 bridgehead atoms. The van der Waals surface area contributed by atoms with Crippen LogP contribution in [0.4, 0.5) is 20.6 Å². The van der Waals surface area contributed by atoms with Crippen molar-refractivity contribution in [3.05, 3.63) is 64.0 Å². The SMILES string of the molecule is O=C(COc1ccc([N+](=O)[O-])c(F)c1)Nc1ccc(CN2C(=O)CSC2=O)cc1. The van der Waals surface area contributed by atoms with Crippen molar-refractivity contribution in [2.45, 2.75) is 6.54 Å². The molecule has 0 spiro atoms. The Bertz CT molecular complexity index is 966. The van der Waals surface area contributed by atoms with Crippen LogP contribution in [0.3, 0.4) is 0 Å². The summed E-state index contributed by atoms with van der Waals surface area (Å²) in [4.78, 5) is 46.1. The first-order chi connectivity index (χ1) is 13.8. The van der Waals surface area contributed by atoms with Gasteiger partial charge >= 0.3 is 5.69 Å². The van der Waals surface area contributed by atoms with E-state index in [1.54, 1.807) is 24.3 Å². The molecule has 1 fully saturated rings. The van der Waals surface area contributed by atoms with Gasteiger partial charge in [-0.2, -0.15) is 4.39 Å². The number of nitrogens with zero attached hydrogens (tertiary/aromatic N) is 2. The summed E-state index contributed by atoms with van der Waals surface area (Å²) in [5, 5.41) is 12.9. The van der Waals surface area contributed by atoms with Crippen LogP contribution in [0.2, 0.25) is 0 Å². The van der Waals surface area contributed by atoms with Crippen LogP contribution in [0.5, 0.6) is 5.75 Å². The average molecular weight is 419 g/mol. The predicted molar refractivity (Wildman–Crippen MR) is 102 cm³/mol. The van der Waals surface area contributed by atoms with E-state index >= 15 is 0 Å². The number of anilines is 1. The summed E-state index contributed by atoms with van der Waals surface area (Å²) in [5.41, 5.74) is 0.508. The van der Waals surface area contributed by atoms with Crippen LogP contribution < -0.4 is 10.1 Å². The second kappa shape index (κ2) is 8.69. The second-order valence-electron chi connectivity index (χ2n) is 5.94. The van der Waals surface area contributed by atoms with E-state index in [0.717, 1.165) is 34.4 Å². The van der Waals surface area contributed by atoms with Crippen LogP contribution in [0.1, 0.15) is 5.56 Å². The summed E-state index contributed by atoms with van der Waals surface area (Å²) in [6.45, 7) is -0.263. The van der Waals surface area contributed by atoms with E-state index in [9.17, 15) is 28.9 Å². The van der Waals surface area contributed by atoms with Crippen LogP contribution >= 0.6 is 11.8 Å². The maximum atomic E-state index is 13.5. The molecular weight excluding hydrogens is 405 g/mol. The molecule has 1 aliphatic heterocycles. The third kappa shape index (κ3) is 5.08. The molecule has 1 aliphatic rings. The smallest absolute Gasteiger partial charge is 0.305 e. The molecule has 29 heavy (non-hydrogen) atoms. The average Bonchev–Trinajstić information content (AvgIpc) is 2.99. The summed E-state index contributed by atoms with van der Waals surface area (Å²) in [6.07, 6.45) is 0. The van der Waals surface area contributed by atoms with Crippen molar-refractivity contribution in [2.75, 3.05) is 17.7 Å². The van der Waals surface area contributed by atoms with Gasteiger partial charge in [-0.15, -0.1) is 0 Å². The van der Waals surface area contributed by atoms with E-state index in [-0.39, 0.29) is 29.2 Å². The number of amides is 3. The van der Waals surface area contributed by atoms with Gasteiger partial charge in [0.2, 0.25) is 11.7 Å². The number of thioether (sulfide) groups is 1. The lowest BCUT2D eigenvalue weighted by molar-refractivity contribution is -0.387. The van der Waals surface area contributed by atoms with Gasteiger partial charge in [-0.1, -0.05) is 23.9 Å². The lowest BCUT2D eigenvalue weighted by Gasteiger charge is -2.13. The zero-order chi connectivity index (χ0) is 21.0. The Balaban J connectivity index is 1.52. The summed E-state index contributed by atoms with van der Waals surface area (Å²) in [5.74, 6) is -1.69. The van der Waals surface area contributed by atoms with Gasteiger partial charge in [-0.3, -0.25) is 29.4 Å². The number of nitrogens with one attached hydrogen (secondary N) is 1. The largest absolute Gasteiger partial charge is 0.484 e. The third-order valence-corrected chi connectivity index (χ3v) is 4.76. The molecule has 0 saturated carbocycles. The minimum absolute atomic E-state index is 0.0172. The van der Waals surface area contributed by atoms with E-state index in [1.165, 1.54) is 6.07 Å². The van der Waals surface area contributed by atoms with E-state index in [2.05, 4.69) is 5.32 Å². The van der Waals surface area contributed by atoms with Crippen LogP contribution in [0.25, 0.3) is 0 Å². The van der Waals surface area contributed by atoms with Crippen molar-refractivity contribution >= 4 is 40.2 Å². The lowest BCUT2D eigenvalue weighted by atomic mass is 10.2. The van der Waals surface area contributed by atoms with E-state index in [1.807, 2.05) is 0 Å². The minimum atomic E-state index is -1.06. The van der Waals surface area contributed by atoms with E-state index < -0.39 is 28.9 Å². The number of benzene rings is 2. The van der Waals surface area contributed by atoms with Gasteiger partial charge in [0, 0.05) is 17.8 Å². The highest BCUT2D eigenvalue weighted by Crippen LogP contribution is 2.23. The van der Waals surface area contributed by atoms with Crippen molar-refractivity contribution in [2.24, 2.45) is 0 Å². The number of carbonyl (C=O) groups is 3. The highest BCUT2D eigenvalue weighted by atomic mass is 32.2. The molecule has 3 amide bonds. The molecule has 2 aromatic carbocycles. The molecule has 9 nitrogen and oxygen atoms in total. The Morgan fingerprint density at radius 2 is 1.97 bits per heavy atom. The van der Waals surface area contributed by atoms with Gasteiger partial charge < -0.3 is 10.1 Å². The van der Waals surface area contributed by atoms with Crippen LogP contribution in [0, 0.1) is 15.9 Å². The van der Waals surface area contributed by atoms with Crippen molar-refractivity contribution in [3.8, 4) is 5.75 Å². The first-order valence-electron chi connectivity index (χ1n) is 8.26. The highest BCUT2D eigenvalue weighted by Gasteiger charge is 2.29. The molecule has 11 heteroatoms. The lowest BCUT2D eigenvalue weighted by Crippen LogP contribution is -2.27. The Kier molecular flexibility index (Phi) is 6.07. The third-order valence-electron chi connectivity index (χ3n) is 3.90. The molecule has 0 radical (unpaired) electrons. The number of carbonyl (C=O) groups excluding carboxylic acids is 3. The summed E-state index contributed by atoms with van der Waals surface area (Å²) in [7, 11) is 0. The summed E-state index contributed by atoms with van der Waals surface area (Å²) >= 11 is 0.961. The first-order valence-corrected chi connectivity index (χ1v) is 9.24. The molecule has 0 aromatic heterocycles. The first kappa shape index (κ1) is 20.3. The molecule has 3 rings (SSSR count). The zero-order valence-electron chi connectivity index (χ0n) is 14.8. The van der Waals surface area contributed by atoms with Gasteiger partial charge in [0.05, 0.1) is 17.2 Å². The standard InChI is InChI=1S/C18H14FN3O6S/c19-14-7-13(5-6-15(14)22(26)27)28-9-16(23)20-12-3-1-11(2-4-12)8-21-17(24)10-29-18(21)25/h1-7H,8-10H2,(H,20,23). The van der Waals surface area contributed by atoms with Crippen LogP contribution in [-0.4, -0.2) is 39.2 Å². The monoisotopic (exact) mass is 419 g/mol. The molecule has 1 N–H and O–H groups in total. The van der Waals surface area contributed by atoms with E-state index in [0.29, 0.717) is 5.69 Å². The fraction of sp³-hybridized carbons (Fsp3) is 0.167. The topological polar surface area (TPSA) is 119 Å². The van der Waals surface area contributed by atoms with E-state index in [4.69, 9.17) is 4.74 Å². The zero-order valence-corrected chi connectivity index (χ0v) is 15.6.